The minimum Gasteiger partial charge on any atom is -0.353 e. The van der Waals surface area contributed by atoms with Crippen LogP contribution in [0.4, 0.5) is 4.39 Å². The van der Waals surface area contributed by atoms with Gasteiger partial charge < -0.3 is 5.32 Å². The van der Waals surface area contributed by atoms with Gasteiger partial charge in [-0.25, -0.2) is 4.39 Å². The van der Waals surface area contributed by atoms with E-state index in [0.29, 0.717) is 12.1 Å². The first kappa shape index (κ1) is 11.9. The minimum atomic E-state index is -0.446. The molecule has 0 saturated carbocycles. The highest BCUT2D eigenvalue weighted by Gasteiger charge is 1.99. The Morgan fingerprint density at radius 2 is 2.38 bits per heavy atom. The van der Waals surface area contributed by atoms with Gasteiger partial charge in [-0.2, -0.15) is 5.26 Å². The zero-order valence-corrected chi connectivity index (χ0v) is 8.83. The monoisotopic (exact) mass is 218 g/mol. The van der Waals surface area contributed by atoms with Crippen LogP contribution in [0, 0.1) is 17.1 Å². The number of nitrogens with one attached hydrogen (secondary N) is 1. The van der Waals surface area contributed by atoms with E-state index < -0.39 is 5.82 Å². The van der Waals surface area contributed by atoms with Gasteiger partial charge in [0, 0.05) is 19.0 Å². The summed E-state index contributed by atoms with van der Waals surface area (Å²) in [6.07, 6.45) is 3.21. The third-order valence-electron chi connectivity index (χ3n) is 1.90. The Morgan fingerprint density at radius 3 is 2.94 bits per heavy atom. The zero-order chi connectivity index (χ0) is 12.0. The molecule has 0 heterocycles. The average molecular weight is 218 g/mol. The summed E-state index contributed by atoms with van der Waals surface area (Å²) in [6.45, 7) is 1.77. The lowest BCUT2D eigenvalue weighted by atomic mass is 10.1. The lowest BCUT2D eigenvalue weighted by Gasteiger charge is -1.98. The van der Waals surface area contributed by atoms with Crippen molar-refractivity contribution in [1.82, 2.24) is 5.32 Å². The van der Waals surface area contributed by atoms with Crippen molar-refractivity contribution in [3.05, 3.63) is 41.2 Å². The molecule has 1 N–H and O–H groups in total. The van der Waals surface area contributed by atoms with Crippen LogP contribution in [0.3, 0.4) is 0 Å². The molecule has 0 saturated heterocycles. The van der Waals surface area contributed by atoms with Gasteiger partial charge in [-0.3, -0.25) is 4.79 Å². The van der Waals surface area contributed by atoms with Gasteiger partial charge in [0.15, 0.2) is 0 Å². The number of rotatable bonds is 3. The molecular formula is C12H11FN2O. The van der Waals surface area contributed by atoms with E-state index in [1.54, 1.807) is 18.2 Å². The summed E-state index contributed by atoms with van der Waals surface area (Å²) >= 11 is 0. The summed E-state index contributed by atoms with van der Waals surface area (Å²) < 4.78 is 13.3. The maximum absolute atomic E-state index is 13.3. The molecule has 1 aromatic rings. The van der Waals surface area contributed by atoms with Crippen molar-refractivity contribution >= 4 is 12.0 Å². The molecule has 0 fully saturated rings. The SMILES string of the molecule is CC(=O)NCC=Cc1ccc(C#N)cc1F. The Morgan fingerprint density at radius 1 is 1.62 bits per heavy atom. The molecule has 0 atom stereocenters. The quantitative estimate of drug-likeness (QED) is 0.841. The molecule has 4 heteroatoms. The maximum atomic E-state index is 13.3. The Hall–Kier alpha value is -2.15. The third-order valence-corrected chi connectivity index (χ3v) is 1.90. The zero-order valence-electron chi connectivity index (χ0n) is 8.83. The second kappa shape index (κ2) is 5.66. The van der Waals surface area contributed by atoms with E-state index in [4.69, 9.17) is 5.26 Å². The average Bonchev–Trinajstić information content (AvgIpc) is 2.25. The smallest absolute Gasteiger partial charge is 0.217 e. The fourth-order valence-electron chi connectivity index (χ4n) is 1.12. The van der Waals surface area contributed by atoms with Gasteiger partial charge >= 0.3 is 0 Å². The van der Waals surface area contributed by atoms with Crippen molar-refractivity contribution in [2.24, 2.45) is 0 Å². The van der Waals surface area contributed by atoms with Gasteiger partial charge in [0.1, 0.15) is 5.82 Å². The van der Waals surface area contributed by atoms with E-state index in [-0.39, 0.29) is 11.5 Å². The number of hydrogen-bond acceptors (Lipinski definition) is 2. The first-order valence-electron chi connectivity index (χ1n) is 4.74. The van der Waals surface area contributed by atoms with Crippen LogP contribution in [0.15, 0.2) is 24.3 Å². The summed E-state index contributed by atoms with van der Waals surface area (Å²) in [5.74, 6) is -0.580. The van der Waals surface area contributed by atoms with Crippen LogP contribution < -0.4 is 5.32 Å². The van der Waals surface area contributed by atoms with E-state index in [2.05, 4.69) is 5.32 Å². The minimum absolute atomic E-state index is 0.134. The number of halogens is 1. The normalized spacial score (nSPS) is 10.1. The van der Waals surface area contributed by atoms with Crippen molar-refractivity contribution in [3.8, 4) is 6.07 Å². The topological polar surface area (TPSA) is 52.9 Å². The molecule has 1 rings (SSSR count). The fourth-order valence-corrected chi connectivity index (χ4v) is 1.12. The molecule has 16 heavy (non-hydrogen) atoms. The number of hydrogen-bond donors (Lipinski definition) is 1. The summed E-state index contributed by atoms with van der Waals surface area (Å²) in [5, 5.41) is 11.1. The van der Waals surface area contributed by atoms with Crippen molar-refractivity contribution in [3.63, 3.8) is 0 Å². The number of carbonyl (C=O) groups excluding carboxylic acids is 1. The summed E-state index contributed by atoms with van der Waals surface area (Å²) in [4.78, 5) is 10.6. The highest BCUT2D eigenvalue weighted by atomic mass is 19.1. The summed E-state index contributed by atoms with van der Waals surface area (Å²) in [7, 11) is 0. The maximum Gasteiger partial charge on any atom is 0.217 e. The Bertz CT molecular complexity index is 461. The van der Waals surface area contributed by atoms with Crippen molar-refractivity contribution in [2.75, 3.05) is 6.54 Å². The molecule has 0 unspecified atom stereocenters. The van der Waals surface area contributed by atoms with E-state index in [9.17, 15) is 9.18 Å². The number of nitriles is 1. The standard InChI is InChI=1S/C12H11FN2O/c1-9(16)15-6-2-3-11-5-4-10(8-14)7-12(11)13/h2-5,7H,6H2,1H3,(H,15,16). The van der Waals surface area contributed by atoms with Crippen LogP contribution in [0.5, 0.6) is 0 Å². The van der Waals surface area contributed by atoms with Crippen molar-refractivity contribution in [2.45, 2.75) is 6.92 Å². The van der Waals surface area contributed by atoms with Crippen LogP contribution >= 0.6 is 0 Å². The molecule has 82 valence electrons. The van der Waals surface area contributed by atoms with Gasteiger partial charge in [-0.1, -0.05) is 18.2 Å². The predicted molar refractivity (Wildman–Crippen MR) is 58.8 cm³/mol. The first-order valence-corrected chi connectivity index (χ1v) is 4.74. The van der Waals surface area contributed by atoms with Crippen molar-refractivity contribution in [1.29, 1.82) is 5.26 Å². The molecule has 3 nitrogen and oxygen atoms in total. The van der Waals surface area contributed by atoms with Gasteiger partial charge in [-0.05, 0) is 12.1 Å². The second-order valence-electron chi connectivity index (χ2n) is 3.19. The lowest BCUT2D eigenvalue weighted by molar-refractivity contribution is -0.118. The highest BCUT2D eigenvalue weighted by Crippen LogP contribution is 2.11. The molecule has 0 bridgehead atoms. The Balaban J connectivity index is 2.68. The first-order chi connectivity index (χ1) is 7.63. The van der Waals surface area contributed by atoms with Crippen LogP contribution in [-0.4, -0.2) is 12.5 Å². The molecule has 1 amide bonds. The number of amides is 1. The molecule has 0 aliphatic carbocycles. The molecule has 1 aromatic carbocycles. The van der Waals surface area contributed by atoms with Gasteiger partial charge in [0.05, 0.1) is 11.6 Å². The number of carbonyl (C=O) groups is 1. The Kier molecular flexibility index (Phi) is 4.22. The van der Waals surface area contributed by atoms with E-state index in [1.165, 1.54) is 19.1 Å². The van der Waals surface area contributed by atoms with E-state index in [0.717, 1.165) is 0 Å². The van der Waals surface area contributed by atoms with Crippen molar-refractivity contribution < 1.29 is 9.18 Å². The summed E-state index contributed by atoms with van der Waals surface area (Å²) in [6, 6.07) is 6.10. The molecule has 0 spiro atoms. The van der Waals surface area contributed by atoms with E-state index in [1.807, 2.05) is 6.07 Å². The fraction of sp³-hybridized carbons (Fsp3) is 0.167. The molecular weight excluding hydrogens is 207 g/mol. The van der Waals surface area contributed by atoms with Crippen LogP contribution in [-0.2, 0) is 4.79 Å². The summed E-state index contributed by atoms with van der Waals surface area (Å²) in [5.41, 5.74) is 0.681. The molecule has 0 aliphatic heterocycles. The number of nitrogens with zero attached hydrogens (tertiary/aromatic N) is 1. The molecule has 0 radical (unpaired) electrons. The van der Waals surface area contributed by atoms with Crippen LogP contribution in [0.25, 0.3) is 6.08 Å². The number of benzene rings is 1. The third kappa shape index (κ3) is 3.54. The lowest BCUT2D eigenvalue weighted by Crippen LogP contribution is -2.19. The second-order valence-corrected chi connectivity index (χ2v) is 3.19. The Labute approximate surface area is 93.2 Å². The van der Waals surface area contributed by atoms with Crippen LogP contribution in [0.1, 0.15) is 18.1 Å². The van der Waals surface area contributed by atoms with Gasteiger partial charge in [0.2, 0.25) is 5.91 Å². The van der Waals surface area contributed by atoms with E-state index >= 15 is 0 Å². The highest BCUT2D eigenvalue weighted by molar-refractivity contribution is 5.73. The predicted octanol–water partition coefficient (Wildman–Crippen LogP) is 1.85. The largest absolute Gasteiger partial charge is 0.353 e. The molecule has 0 aromatic heterocycles. The van der Waals surface area contributed by atoms with Crippen LogP contribution in [0.2, 0.25) is 0 Å². The van der Waals surface area contributed by atoms with Gasteiger partial charge in [-0.15, -0.1) is 0 Å². The van der Waals surface area contributed by atoms with Gasteiger partial charge in [0.25, 0.3) is 0 Å². The molecule has 0 aliphatic rings.